The fourth-order valence-corrected chi connectivity index (χ4v) is 2.03. The average Bonchev–Trinajstić information content (AvgIpc) is 2.64. The van der Waals surface area contributed by atoms with Crippen LogP contribution in [0.5, 0.6) is 0 Å². The van der Waals surface area contributed by atoms with Crippen molar-refractivity contribution < 1.29 is 4.39 Å². The Morgan fingerprint density at radius 3 is 2.82 bits per heavy atom. The minimum atomic E-state index is -0.420. The molecule has 6 heteroatoms. The molecule has 17 heavy (non-hydrogen) atoms. The van der Waals surface area contributed by atoms with Crippen molar-refractivity contribution >= 4 is 11.6 Å². The first kappa shape index (κ1) is 12.0. The van der Waals surface area contributed by atoms with Gasteiger partial charge in [0.15, 0.2) is 0 Å². The summed E-state index contributed by atoms with van der Waals surface area (Å²) in [5.41, 5.74) is 0.993. The number of aromatic nitrogens is 3. The molecule has 90 valence electrons. The van der Waals surface area contributed by atoms with Crippen molar-refractivity contribution in [2.24, 2.45) is 7.05 Å². The van der Waals surface area contributed by atoms with Crippen molar-refractivity contribution in [2.75, 3.05) is 7.05 Å². The van der Waals surface area contributed by atoms with E-state index in [0.29, 0.717) is 16.4 Å². The molecule has 0 saturated heterocycles. The van der Waals surface area contributed by atoms with E-state index in [1.165, 1.54) is 12.3 Å². The van der Waals surface area contributed by atoms with E-state index in [2.05, 4.69) is 15.4 Å². The van der Waals surface area contributed by atoms with Crippen LogP contribution in [-0.4, -0.2) is 21.8 Å². The number of pyridine rings is 1. The van der Waals surface area contributed by atoms with Gasteiger partial charge in [-0.3, -0.25) is 9.67 Å². The Morgan fingerprint density at radius 2 is 2.29 bits per heavy atom. The number of hydrogen-bond acceptors (Lipinski definition) is 3. The minimum Gasteiger partial charge on any atom is -0.307 e. The molecule has 0 saturated carbocycles. The second-order valence-corrected chi connectivity index (χ2v) is 4.00. The zero-order valence-electron chi connectivity index (χ0n) is 9.48. The van der Waals surface area contributed by atoms with Crippen molar-refractivity contribution in [3.63, 3.8) is 0 Å². The normalized spacial score (nSPS) is 12.7. The van der Waals surface area contributed by atoms with Gasteiger partial charge >= 0.3 is 0 Å². The Balaban J connectivity index is 2.52. The van der Waals surface area contributed by atoms with Gasteiger partial charge in [0, 0.05) is 13.2 Å². The predicted molar refractivity (Wildman–Crippen MR) is 63.3 cm³/mol. The number of rotatable bonds is 3. The van der Waals surface area contributed by atoms with Crippen LogP contribution in [0.4, 0.5) is 4.39 Å². The molecule has 2 rings (SSSR count). The highest BCUT2D eigenvalue weighted by Crippen LogP contribution is 2.27. The number of hydrogen-bond donors (Lipinski definition) is 1. The molecular formula is C11H12ClFN4. The Labute approximate surface area is 103 Å². The second kappa shape index (κ2) is 4.81. The summed E-state index contributed by atoms with van der Waals surface area (Å²) >= 11 is 6.05. The summed E-state index contributed by atoms with van der Waals surface area (Å²) in [5, 5.41) is 7.51. The lowest BCUT2D eigenvalue weighted by Gasteiger charge is -2.17. The molecule has 0 aliphatic heterocycles. The molecule has 0 spiro atoms. The van der Waals surface area contributed by atoms with Crippen LogP contribution in [0.3, 0.4) is 0 Å². The highest BCUT2D eigenvalue weighted by atomic mass is 35.5. The lowest BCUT2D eigenvalue weighted by Crippen LogP contribution is -2.23. The number of nitrogens with zero attached hydrogens (tertiary/aromatic N) is 3. The average molecular weight is 255 g/mol. The number of halogens is 2. The second-order valence-electron chi connectivity index (χ2n) is 3.59. The summed E-state index contributed by atoms with van der Waals surface area (Å²) in [6, 6.07) is 2.50. The van der Waals surface area contributed by atoms with Crippen molar-refractivity contribution in [1.29, 1.82) is 0 Å². The maximum atomic E-state index is 13.7. The van der Waals surface area contributed by atoms with Crippen LogP contribution in [0.1, 0.15) is 17.4 Å². The van der Waals surface area contributed by atoms with Crippen LogP contribution in [0.2, 0.25) is 5.02 Å². The molecule has 4 nitrogen and oxygen atoms in total. The maximum Gasteiger partial charge on any atom is 0.146 e. The highest BCUT2D eigenvalue weighted by Gasteiger charge is 2.23. The molecule has 2 aromatic heterocycles. The van der Waals surface area contributed by atoms with Crippen molar-refractivity contribution in [2.45, 2.75) is 6.04 Å². The minimum absolute atomic E-state index is 0.306. The summed E-state index contributed by atoms with van der Waals surface area (Å²) in [7, 11) is 3.48. The van der Waals surface area contributed by atoms with E-state index >= 15 is 0 Å². The van der Waals surface area contributed by atoms with Crippen molar-refractivity contribution in [1.82, 2.24) is 20.1 Å². The summed E-state index contributed by atoms with van der Waals surface area (Å²) in [5.74, 6) is -0.371. The van der Waals surface area contributed by atoms with Crippen LogP contribution < -0.4 is 5.32 Å². The Kier molecular flexibility index (Phi) is 3.40. The van der Waals surface area contributed by atoms with Gasteiger partial charge in [-0.2, -0.15) is 5.10 Å². The SMILES string of the molecule is CNC(c1ncccc1F)c1c(Cl)cnn1C. The summed E-state index contributed by atoms with van der Waals surface area (Å²) < 4.78 is 15.3. The molecule has 0 fully saturated rings. The molecule has 1 atom stereocenters. The zero-order valence-corrected chi connectivity index (χ0v) is 10.2. The maximum absolute atomic E-state index is 13.7. The quantitative estimate of drug-likeness (QED) is 0.910. The van der Waals surface area contributed by atoms with Gasteiger partial charge in [0.1, 0.15) is 5.82 Å². The molecule has 0 radical (unpaired) electrons. The number of aryl methyl sites for hydroxylation is 1. The molecule has 2 heterocycles. The first-order valence-electron chi connectivity index (χ1n) is 5.10. The molecule has 0 aromatic carbocycles. The predicted octanol–water partition coefficient (Wildman–Crippen LogP) is 1.92. The summed E-state index contributed by atoms with van der Waals surface area (Å²) in [6.07, 6.45) is 3.08. The van der Waals surface area contributed by atoms with Gasteiger partial charge in [-0.1, -0.05) is 11.6 Å². The molecule has 0 aliphatic rings. The smallest absolute Gasteiger partial charge is 0.146 e. The topological polar surface area (TPSA) is 42.7 Å². The Bertz CT molecular complexity index is 506. The van der Waals surface area contributed by atoms with E-state index in [4.69, 9.17) is 11.6 Å². The standard InChI is InChI=1S/C11H12ClFN4/c1-14-10(9-8(13)4-3-5-15-9)11-7(12)6-16-17(11)2/h3-6,10,14H,1-2H3. The Hall–Kier alpha value is -1.46. The molecule has 0 amide bonds. The number of nitrogens with one attached hydrogen (secondary N) is 1. The molecule has 0 bridgehead atoms. The van der Waals surface area contributed by atoms with E-state index in [-0.39, 0.29) is 5.82 Å². The summed E-state index contributed by atoms with van der Waals surface area (Å²) in [4.78, 5) is 4.05. The third-order valence-corrected chi connectivity index (χ3v) is 2.85. The summed E-state index contributed by atoms with van der Waals surface area (Å²) in [6.45, 7) is 0. The van der Waals surface area contributed by atoms with E-state index in [1.54, 1.807) is 31.0 Å². The third kappa shape index (κ3) is 2.16. The Morgan fingerprint density at radius 1 is 1.53 bits per heavy atom. The lowest BCUT2D eigenvalue weighted by atomic mass is 10.1. The van der Waals surface area contributed by atoms with Gasteiger partial charge in [-0.15, -0.1) is 0 Å². The molecular weight excluding hydrogens is 243 g/mol. The fraction of sp³-hybridized carbons (Fsp3) is 0.273. The van der Waals surface area contributed by atoms with Crippen LogP contribution >= 0.6 is 11.6 Å². The van der Waals surface area contributed by atoms with Gasteiger partial charge < -0.3 is 5.32 Å². The van der Waals surface area contributed by atoms with Crippen LogP contribution in [0.15, 0.2) is 24.5 Å². The van der Waals surface area contributed by atoms with Crippen molar-refractivity contribution in [3.8, 4) is 0 Å². The zero-order chi connectivity index (χ0) is 12.4. The van der Waals surface area contributed by atoms with E-state index in [9.17, 15) is 4.39 Å². The molecule has 0 aliphatic carbocycles. The van der Waals surface area contributed by atoms with E-state index < -0.39 is 6.04 Å². The van der Waals surface area contributed by atoms with Crippen molar-refractivity contribution in [3.05, 3.63) is 46.8 Å². The monoisotopic (exact) mass is 254 g/mol. The van der Waals surface area contributed by atoms with Gasteiger partial charge in [-0.25, -0.2) is 4.39 Å². The first-order valence-corrected chi connectivity index (χ1v) is 5.48. The van der Waals surface area contributed by atoms with Gasteiger partial charge in [0.2, 0.25) is 0 Å². The van der Waals surface area contributed by atoms with Gasteiger partial charge in [0.05, 0.1) is 28.6 Å². The largest absolute Gasteiger partial charge is 0.307 e. The molecule has 1 N–H and O–H groups in total. The van der Waals surface area contributed by atoms with Gasteiger partial charge in [-0.05, 0) is 19.2 Å². The van der Waals surface area contributed by atoms with E-state index in [0.717, 1.165) is 0 Å². The van der Waals surface area contributed by atoms with E-state index in [1.807, 2.05) is 0 Å². The van der Waals surface area contributed by atoms with Crippen LogP contribution in [-0.2, 0) is 7.05 Å². The highest BCUT2D eigenvalue weighted by molar-refractivity contribution is 6.31. The lowest BCUT2D eigenvalue weighted by molar-refractivity contribution is 0.536. The molecule has 1 unspecified atom stereocenters. The first-order chi connectivity index (χ1) is 8.15. The van der Waals surface area contributed by atoms with Crippen LogP contribution in [0.25, 0.3) is 0 Å². The van der Waals surface area contributed by atoms with Gasteiger partial charge in [0.25, 0.3) is 0 Å². The third-order valence-electron chi connectivity index (χ3n) is 2.56. The fourth-order valence-electron chi connectivity index (χ4n) is 1.76. The molecule has 2 aromatic rings. The van der Waals surface area contributed by atoms with Crippen LogP contribution in [0, 0.1) is 5.82 Å².